The van der Waals surface area contributed by atoms with E-state index in [-0.39, 0.29) is 5.41 Å². The quantitative estimate of drug-likeness (QED) is 0.506. The molecule has 0 fully saturated rings. The Labute approximate surface area is 153 Å². The van der Waals surface area contributed by atoms with Crippen molar-refractivity contribution in [3.8, 4) is 0 Å². The molecule has 2 aromatic rings. The zero-order valence-corrected chi connectivity index (χ0v) is 16.7. The molecule has 0 aliphatic heterocycles. The van der Waals surface area contributed by atoms with Crippen LogP contribution in [0.4, 0.5) is 0 Å². The molecule has 0 aliphatic rings. The topological polar surface area (TPSA) is 0 Å². The predicted molar refractivity (Wildman–Crippen MR) is 107 cm³/mol. The first-order chi connectivity index (χ1) is 11.2. The summed E-state index contributed by atoms with van der Waals surface area (Å²) in [5, 5.41) is 0.828. The van der Waals surface area contributed by atoms with Crippen LogP contribution in [0.5, 0.6) is 0 Å². The highest BCUT2D eigenvalue weighted by Gasteiger charge is 2.22. The number of aryl methyl sites for hydroxylation is 1. The molecule has 1 unspecified atom stereocenters. The molecule has 1 atom stereocenters. The normalized spacial score (nSPS) is 13.3. The Hall–Kier alpha value is -1.27. The van der Waals surface area contributed by atoms with Crippen molar-refractivity contribution in [3.05, 3.63) is 69.7 Å². The summed E-state index contributed by atoms with van der Waals surface area (Å²) in [5.74, 6) is 1.14. The van der Waals surface area contributed by atoms with Crippen LogP contribution in [-0.4, -0.2) is 0 Å². The van der Waals surface area contributed by atoms with Gasteiger partial charge >= 0.3 is 0 Å². The van der Waals surface area contributed by atoms with Crippen LogP contribution < -0.4 is 0 Å². The second-order valence-corrected chi connectivity index (χ2v) is 8.54. The average Bonchev–Trinajstić information content (AvgIpc) is 2.53. The third-order valence-corrected chi connectivity index (χ3v) is 5.56. The summed E-state index contributed by atoms with van der Waals surface area (Å²) < 4.78 is 0. The van der Waals surface area contributed by atoms with E-state index in [4.69, 9.17) is 11.6 Å². The first-order valence-corrected chi connectivity index (χ1v) is 9.45. The molecule has 130 valence electrons. The fraction of sp³-hybridized carbons (Fsp3) is 0.478. The maximum absolute atomic E-state index is 6.09. The first-order valence-electron chi connectivity index (χ1n) is 9.07. The minimum atomic E-state index is 0.199. The van der Waals surface area contributed by atoms with E-state index < -0.39 is 0 Å². The van der Waals surface area contributed by atoms with E-state index in [2.05, 4.69) is 77.9 Å². The standard InChI is InChI=1S/C23H31Cl/c1-16(2)19-7-9-20(10-8-19)23(5,6)14-13-17(3)22-12-11-21(24)15-18(22)4/h7-12,15-17H,13-14H2,1-6H3. The van der Waals surface area contributed by atoms with Crippen LogP contribution in [-0.2, 0) is 5.41 Å². The fourth-order valence-electron chi connectivity index (χ4n) is 3.39. The summed E-state index contributed by atoms with van der Waals surface area (Å²) in [7, 11) is 0. The average molecular weight is 343 g/mol. The summed E-state index contributed by atoms with van der Waals surface area (Å²) in [6, 6.07) is 15.5. The second kappa shape index (κ2) is 7.74. The molecular weight excluding hydrogens is 312 g/mol. The molecule has 0 amide bonds. The van der Waals surface area contributed by atoms with E-state index >= 15 is 0 Å². The van der Waals surface area contributed by atoms with Crippen molar-refractivity contribution in [3.63, 3.8) is 0 Å². The molecule has 0 radical (unpaired) electrons. The SMILES string of the molecule is Cc1cc(Cl)ccc1C(C)CCC(C)(C)c1ccc(C(C)C)cc1. The largest absolute Gasteiger partial charge is 0.0843 e. The summed E-state index contributed by atoms with van der Waals surface area (Å²) in [4.78, 5) is 0. The highest BCUT2D eigenvalue weighted by molar-refractivity contribution is 6.30. The number of hydrogen-bond donors (Lipinski definition) is 0. The fourth-order valence-corrected chi connectivity index (χ4v) is 3.62. The van der Waals surface area contributed by atoms with Crippen molar-refractivity contribution in [1.29, 1.82) is 0 Å². The summed E-state index contributed by atoms with van der Waals surface area (Å²) in [5.41, 5.74) is 5.77. The highest BCUT2D eigenvalue weighted by Crippen LogP contribution is 2.34. The van der Waals surface area contributed by atoms with Gasteiger partial charge in [-0.1, -0.05) is 76.6 Å². The Morgan fingerprint density at radius 3 is 2.12 bits per heavy atom. The molecule has 2 aromatic carbocycles. The van der Waals surface area contributed by atoms with Gasteiger partial charge in [0.2, 0.25) is 0 Å². The Morgan fingerprint density at radius 1 is 0.958 bits per heavy atom. The van der Waals surface area contributed by atoms with E-state index in [9.17, 15) is 0 Å². The van der Waals surface area contributed by atoms with Crippen LogP contribution in [0.2, 0.25) is 5.02 Å². The minimum Gasteiger partial charge on any atom is -0.0843 e. The third kappa shape index (κ3) is 4.63. The van der Waals surface area contributed by atoms with Gasteiger partial charge < -0.3 is 0 Å². The van der Waals surface area contributed by atoms with Crippen LogP contribution >= 0.6 is 11.6 Å². The van der Waals surface area contributed by atoms with E-state index in [1.807, 2.05) is 6.07 Å². The molecule has 0 saturated carbocycles. The number of rotatable bonds is 6. The van der Waals surface area contributed by atoms with Gasteiger partial charge in [0.05, 0.1) is 0 Å². The smallest absolute Gasteiger partial charge is 0.0408 e. The van der Waals surface area contributed by atoms with Gasteiger partial charge in [-0.25, -0.2) is 0 Å². The van der Waals surface area contributed by atoms with Crippen LogP contribution in [0.25, 0.3) is 0 Å². The van der Waals surface area contributed by atoms with Crippen molar-refractivity contribution in [2.75, 3.05) is 0 Å². The van der Waals surface area contributed by atoms with Crippen LogP contribution in [0, 0.1) is 6.92 Å². The molecule has 0 spiro atoms. The van der Waals surface area contributed by atoms with E-state index in [1.165, 1.54) is 35.1 Å². The molecule has 1 heteroatoms. The van der Waals surface area contributed by atoms with Crippen molar-refractivity contribution in [2.24, 2.45) is 0 Å². The Kier molecular flexibility index (Phi) is 6.15. The molecule has 2 rings (SSSR count). The molecule has 0 N–H and O–H groups in total. The lowest BCUT2D eigenvalue weighted by Crippen LogP contribution is -2.18. The number of benzene rings is 2. The van der Waals surface area contributed by atoms with Gasteiger partial charge in [0.25, 0.3) is 0 Å². The van der Waals surface area contributed by atoms with Crippen molar-refractivity contribution >= 4 is 11.6 Å². The highest BCUT2D eigenvalue weighted by atomic mass is 35.5. The summed E-state index contributed by atoms with van der Waals surface area (Å²) in [6.45, 7) is 13.7. The zero-order chi connectivity index (χ0) is 17.9. The number of hydrogen-bond acceptors (Lipinski definition) is 0. The zero-order valence-electron chi connectivity index (χ0n) is 16.0. The van der Waals surface area contributed by atoms with Gasteiger partial charge in [-0.3, -0.25) is 0 Å². The Balaban J connectivity index is 2.06. The molecule has 0 aliphatic carbocycles. The molecule has 0 aromatic heterocycles. The Morgan fingerprint density at radius 2 is 1.58 bits per heavy atom. The van der Waals surface area contributed by atoms with E-state index in [0.717, 1.165) is 5.02 Å². The predicted octanol–water partition coefficient (Wildman–Crippen LogP) is 7.63. The van der Waals surface area contributed by atoms with Crippen LogP contribution in [0.15, 0.2) is 42.5 Å². The van der Waals surface area contributed by atoms with Gasteiger partial charge in [0.15, 0.2) is 0 Å². The first kappa shape index (κ1) is 19.1. The molecule has 0 heterocycles. The lowest BCUT2D eigenvalue weighted by atomic mass is 9.77. The van der Waals surface area contributed by atoms with Gasteiger partial charge in [-0.2, -0.15) is 0 Å². The van der Waals surface area contributed by atoms with E-state index in [0.29, 0.717) is 11.8 Å². The van der Waals surface area contributed by atoms with Crippen LogP contribution in [0.1, 0.15) is 81.5 Å². The van der Waals surface area contributed by atoms with Crippen molar-refractivity contribution in [1.82, 2.24) is 0 Å². The lowest BCUT2D eigenvalue weighted by molar-refractivity contribution is 0.439. The maximum atomic E-state index is 6.09. The van der Waals surface area contributed by atoms with Crippen molar-refractivity contribution in [2.45, 2.75) is 71.6 Å². The summed E-state index contributed by atoms with van der Waals surface area (Å²) in [6.07, 6.45) is 2.36. The van der Waals surface area contributed by atoms with Crippen LogP contribution in [0.3, 0.4) is 0 Å². The third-order valence-electron chi connectivity index (χ3n) is 5.32. The second-order valence-electron chi connectivity index (χ2n) is 8.10. The van der Waals surface area contributed by atoms with Gasteiger partial charge in [-0.15, -0.1) is 0 Å². The number of halogens is 1. The monoisotopic (exact) mass is 342 g/mol. The molecule has 0 bridgehead atoms. The molecule has 24 heavy (non-hydrogen) atoms. The molecular formula is C23H31Cl. The van der Waals surface area contributed by atoms with Crippen molar-refractivity contribution < 1.29 is 0 Å². The minimum absolute atomic E-state index is 0.199. The summed E-state index contributed by atoms with van der Waals surface area (Å²) >= 11 is 6.09. The van der Waals surface area contributed by atoms with Gasteiger partial charge in [0, 0.05) is 5.02 Å². The lowest BCUT2D eigenvalue weighted by Gasteiger charge is -2.28. The molecule has 0 nitrogen and oxygen atoms in total. The van der Waals surface area contributed by atoms with E-state index in [1.54, 1.807) is 0 Å². The van der Waals surface area contributed by atoms with Gasteiger partial charge in [-0.05, 0) is 71.4 Å². The maximum Gasteiger partial charge on any atom is 0.0408 e. The Bertz CT molecular complexity index is 665. The molecule has 0 saturated heterocycles. The van der Waals surface area contributed by atoms with Gasteiger partial charge in [0.1, 0.15) is 0 Å².